The highest BCUT2D eigenvalue weighted by atomic mass is 35.5. The van der Waals surface area contributed by atoms with Crippen LogP contribution in [-0.4, -0.2) is 64.2 Å². The molecule has 0 bridgehead atoms. The molecule has 1 aliphatic carbocycles. The van der Waals surface area contributed by atoms with Gasteiger partial charge in [0.25, 0.3) is 0 Å². The van der Waals surface area contributed by atoms with E-state index in [1.165, 1.54) is 25.2 Å². The van der Waals surface area contributed by atoms with Crippen LogP contribution in [0.5, 0.6) is 11.5 Å². The van der Waals surface area contributed by atoms with Gasteiger partial charge in [-0.1, -0.05) is 43.0 Å². The van der Waals surface area contributed by atoms with Crippen LogP contribution in [0.2, 0.25) is 5.02 Å². The van der Waals surface area contributed by atoms with E-state index in [1.54, 1.807) is 43.3 Å². The molecule has 1 saturated carbocycles. The van der Waals surface area contributed by atoms with E-state index in [9.17, 15) is 18.0 Å². The van der Waals surface area contributed by atoms with E-state index in [2.05, 4.69) is 5.32 Å². The molecule has 1 fully saturated rings. The van der Waals surface area contributed by atoms with E-state index in [4.69, 9.17) is 21.1 Å². The minimum absolute atomic E-state index is 0.0745. The first-order valence-corrected chi connectivity index (χ1v) is 14.8. The highest BCUT2D eigenvalue weighted by molar-refractivity contribution is 7.92. The number of hydrogen-bond acceptors (Lipinski definition) is 6. The Morgan fingerprint density at radius 2 is 1.66 bits per heavy atom. The van der Waals surface area contributed by atoms with Gasteiger partial charge >= 0.3 is 0 Å². The lowest BCUT2D eigenvalue weighted by molar-refractivity contribution is -0.139. The van der Waals surface area contributed by atoms with Gasteiger partial charge in [0.05, 0.1) is 26.2 Å². The monoisotopic (exact) mass is 565 g/mol. The molecule has 2 aromatic rings. The van der Waals surface area contributed by atoms with E-state index < -0.39 is 28.5 Å². The maximum Gasteiger partial charge on any atom is 0.244 e. The molecule has 2 aromatic carbocycles. The number of benzene rings is 2. The summed E-state index contributed by atoms with van der Waals surface area (Å²) in [5.41, 5.74) is 1.00. The van der Waals surface area contributed by atoms with Gasteiger partial charge in [0.2, 0.25) is 21.8 Å². The molecule has 11 heteroatoms. The fourth-order valence-corrected chi connectivity index (χ4v) is 5.50. The lowest BCUT2D eigenvalue weighted by Gasteiger charge is -2.33. The zero-order chi connectivity index (χ0) is 27.9. The summed E-state index contributed by atoms with van der Waals surface area (Å²) in [6.45, 7) is 1.27. The Balaban J connectivity index is 1.90. The second kappa shape index (κ2) is 13.2. The van der Waals surface area contributed by atoms with E-state index in [1.807, 2.05) is 0 Å². The van der Waals surface area contributed by atoms with Gasteiger partial charge < -0.3 is 19.7 Å². The van der Waals surface area contributed by atoms with Crippen molar-refractivity contribution in [3.63, 3.8) is 0 Å². The van der Waals surface area contributed by atoms with Crippen molar-refractivity contribution in [3.8, 4) is 11.5 Å². The maximum absolute atomic E-state index is 13.7. The standard InChI is InChI=1S/C27H36ClN3O6S/c1-19(27(33)29-22-8-6-5-7-9-22)30(17-20-10-12-21(28)13-11-20)26(32)18-31(38(4,34)35)23-14-15-24(36-2)25(16-23)37-3/h10-16,19,22H,5-9,17-18H2,1-4H3,(H,29,33)/t19-/m0/s1. The van der Waals surface area contributed by atoms with Crippen molar-refractivity contribution in [2.75, 3.05) is 31.3 Å². The number of rotatable bonds is 11. The number of carbonyl (C=O) groups is 2. The zero-order valence-corrected chi connectivity index (χ0v) is 23.8. The molecule has 0 heterocycles. The van der Waals surface area contributed by atoms with Gasteiger partial charge in [-0.15, -0.1) is 0 Å². The van der Waals surface area contributed by atoms with Crippen LogP contribution in [0.25, 0.3) is 0 Å². The van der Waals surface area contributed by atoms with Crippen LogP contribution < -0.4 is 19.1 Å². The molecule has 1 aliphatic rings. The summed E-state index contributed by atoms with van der Waals surface area (Å²) >= 11 is 6.03. The van der Waals surface area contributed by atoms with E-state index in [-0.39, 0.29) is 24.2 Å². The normalized spacial score (nSPS) is 14.9. The summed E-state index contributed by atoms with van der Waals surface area (Å²) in [4.78, 5) is 28.3. The number of ether oxygens (including phenoxy) is 2. The molecule has 0 aromatic heterocycles. The van der Waals surface area contributed by atoms with Crippen LogP contribution in [-0.2, 0) is 26.2 Å². The summed E-state index contributed by atoms with van der Waals surface area (Å²) in [5, 5.41) is 3.62. The molecule has 0 aliphatic heterocycles. The highest BCUT2D eigenvalue weighted by Gasteiger charge is 2.31. The molecular formula is C27H36ClN3O6S. The second-order valence-corrected chi connectivity index (χ2v) is 11.8. The van der Waals surface area contributed by atoms with E-state index >= 15 is 0 Å². The highest BCUT2D eigenvalue weighted by Crippen LogP contribution is 2.32. The SMILES string of the molecule is COc1ccc(N(CC(=O)N(Cc2ccc(Cl)cc2)[C@@H](C)C(=O)NC2CCCCC2)S(C)(=O)=O)cc1OC. The Kier molecular flexibility index (Phi) is 10.3. The van der Waals surface area contributed by atoms with Crippen molar-refractivity contribution < 1.29 is 27.5 Å². The first-order chi connectivity index (χ1) is 18.0. The summed E-state index contributed by atoms with van der Waals surface area (Å²) in [6.07, 6.45) is 6.11. The van der Waals surface area contributed by atoms with Gasteiger partial charge in [-0.05, 0) is 49.6 Å². The Bertz CT molecular complexity index is 1220. The number of sulfonamides is 1. The molecule has 0 saturated heterocycles. The number of nitrogens with one attached hydrogen (secondary N) is 1. The number of halogens is 1. The lowest BCUT2D eigenvalue weighted by Crippen LogP contribution is -2.52. The summed E-state index contributed by atoms with van der Waals surface area (Å²) < 4.78 is 37.2. The predicted molar refractivity (Wildman–Crippen MR) is 148 cm³/mol. The van der Waals surface area contributed by atoms with Gasteiger partial charge in [0, 0.05) is 23.7 Å². The molecule has 0 spiro atoms. The van der Waals surface area contributed by atoms with Crippen molar-refractivity contribution in [1.82, 2.24) is 10.2 Å². The summed E-state index contributed by atoms with van der Waals surface area (Å²) in [5.74, 6) is -0.0413. The molecule has 1 N–H and O–H groups in total. The largest absolute Gasteiger partial charge is 0.493 e. The quantitative estimate of drug-likeness (QED) is 0.442. The molecule has 3 rings (SSSR count). The van der Waals surface area contributed by atoms with E-state index in [0.717, 1.165) is 48.2 Å². The Morgan fingerprint density at radius 3 is 2.24 bits per heavy atom. The van der Waals surface area contributed by atoms with Crippen molar-refractivity contribution >= 4 is 39.1 Å². The first-order valence-electron chi connectivity index (χ1n) is 12.6. The number of hydrogen-bond donors (Lipinski definition) is 1. The zero-order valence-electron chi connectivity index (χ0n) is 22.3. The Hall–Kier alpha value is -2.98. The molecular weight excluding hydrogens is 530 g/mol. The minimum atomic E-state index is -3.87. The number of nitrogens with zero attached hydrogens (tertiary/aromatic N) is 2. The number of methoxy groups -OCH3 is 2. The van der Waals surface area contributed by atoms with Crippen LogP contribution in [0.15, 0.2) is 42.5 Å². The first kappa shape index (κ1) is 29.6. The van der Waals surface area contributed by atoms with E-state index in [0.29, 0.717) is 16.5 Å². The topological polar surface area (TPSA) is 105 Å². The van der Waals surface area contributed by atoms with Gasteiger partial charge in [-0.25, -0.2) is 8.42 Å². The average molecular weight is 566 g/mol. The van der Waals surface area contributed by atoms with Crippen LogP contribution in [0.1, 0.15) is 44.6 Å². The molecule has 38 heavy (non-hydrogen) atoms. The molecule has 2 amide bonds. The third-order valence-electron chi connectivity index (χ3n) is 6.72. The fraction of sp³-hybridized carbons (Fsp3) is 0.481. The minimum Gasteiger partial charge on any atom is -0.493 e. The molecule has 0 unspecified atom stereocenters. The molecule has 9 nitrogen and oxygen atoms in total. The van der Waals surface area contributed by atoms with Crippen molar-refractivity contribution in [1.29, 1.82) is 0 Å². The lowest BCUT2D eigenvalue weighted by atomic mass is 9.95. The van der Waals surface area contributed by atoms with Crippen LogP contribution >= 0.6 is 11.6 Å². The molecule has 0 radical (unpaired) electrons. The van der Waals surface area contributed by atoms with Crippen LogP contribution in [0.4, 0.5) is 5.69 Å². The number of carbonyl (C=O) groups excluding carboxylic acids is 2. The van der Waals surface area contributed by atoms with Crippen LogP contribution in [0, 0.1) is 0 Å². The fourth-order valence-electron chi connectivity index (χ4n) is 4.53. The molecule has 208 valence electrons. The van der Waals surface area contributed by atoms with Crippen molar-refractivity contribution in [2.24, 2.45) is 0 Å². The van der Waals surface area contributed by atoms with Crippen molar-refractivity contribution in [3.05, 3.63) is 53.1 Å². The van der Waals surface area contributed by atoms with Gasteiger partial charge in [0.15, 0.2) is 11.5 Å². The van der Waals surface area contributed by atoms with Gasteiger partial charge in [-0.3, -0.25) is 13.9 Å². The maximum atomic E-state index is 13.7. The second-order valence-electron chi connectivity index (χ2n) is 9.48. The van der Waals surface area contributed by atoms with Crippen LogP contribution in [0.3, 0.4) is 0 Å². The third kappa shape index (κ3) is 7.77. The number of anilines is 1. The number of amides is 2. The van der Waals surface area contributed by atoms with Crippen molar-refractivity contribution in [2.45, 2.75) is 57.7 Å². The molecule has 1 atom stereocenters. The predicted octanol–water partition coefficient (Wildman–Crippen LogP) is 3.99. The average Bonchev–Trinajstić information content (AvgIpc) is 2.90. The smallest absolute Gasteiger partial charge is 0.244 e. The van der Waals surface area contributed by atoms with Gasteiger partial charge in [0.1, 0.15) is 12.6 Å². The Morgan fingerprint density at radius 1 is 1.03 bits per heavy atom. The summed E-state index contributed by atoms with van der Waals surface area (Å²) in [7, 11) is -0.948. The van der Waals surface area contributed by atoms with Gasteiger partial charge in [-0.2, -0.15) is 0 Å². The Labute approximate surface area is 230 Å². The summed E-state index contributed by atoms with van der Waals surface area (Å²) in [6, 6.07) is 10.8. The third-order valence-corrected chi connectivity index (χ3v) is 8.11.